The van der Waals surface area contributed by atoms with Crippen LogP contribution in [0.2, 0.25) is 5.02 Å². The van der Waals surface area contributed by atoms with Gasteiger partial charge < -0.3 is 15.0 Å². The van der Waals surface area contributed by atoms with Crippen LogP contribution in [0.25, 0.3) is 0 Å². The highest BCUT2D eigenvalue weighted by atomic mass is 35.5. The number of nitrogens with one attached hydrogen (secondary N) is 1. The van der Waals surface area contributed by atoms with Crippen LogP contribution in [0.5, 0.6) is 5.75 Å². The lowest BCUT2D eigenvalue weighted by atomic mass is 9.86. The fourth-order valence-corrected chi connectivity index (χ4v) is 6.11. The summed E-state index contributed by atoms with van der Waals surface area (Å²) >= 11 is 6.00. The minimum atomic E-state index is 0.0545. The van der Waals surface area contributed by atoms with Crippen LogP contribution in [0.15, 0.2) is 72.9 Å². The zero-order chi connectivity index (χ0) is 27.0. The molecule has 7 nitrogen and oxygen atoms in total. The van der Waals surface area contributed by atoms with Crippen molar-refractivity contribution in [3.8, 4) is 5.75 Å². The van der Waals surface area contributed by atoms with Crippen molar-refractivity contribution in [1.82, 2.24) is 14.8 Å². The van der Waals surface area contributed by atoms with Crippen LogP contribution in [-0.2, 0) is 11.3 Å². The summed E-state index contributed by atoms with van der Waals surface area (Å²) in [6.07, 6.45) is 4.32. The zero-order valence-electron chi connectivity index (χ0n) is 22.6. The van der Waals surface area contributed by atoms with Crippen LogP contribution in [0.1, 0.15) is 25.0 Å². The number of ether oxygens (including phenoxy) is 1. The van der Waals surface area contributed by atoms with Crippen LogP contribution >= 0.6 is 11.6 Å². The molecule has 0 spiro atoms. The molecule has 5 rings (SSSR count). The van der Waals surface area contributed by atoms with E-state index in [4.69, 9.17) is 16.3 Å². The van der Waals surface area contributed by atoms with Gasteiger partial charge in [0, 0.05) is 75.2 Å². The lowest BCUT2D eigenvalue weighted by Gasteiger charge is -2.47. The van der Waals surface area contributed by atoms with Crippen LogP contribution in [0, 0.1) is 5.92 Å². The molecule has 3 aromatic rings. The van der Waals surface area contributed by atoms with Gasteiger partial charge >= 0.3 is 0 Å². The summed E-state index contributed by atoms with van der Waals surface area (Å²) in [5.74, 6) is 1.40. The molecule has 0 unspecified atom stereocenters. The van der Waals surface area contributed by atoms with Gasteiger partial charge in [-0.2, -0.15) is 0 Å². The number of pyridine rings is 1. The normalized spacial score (nSPS) is 20.5. The van der Waals surface area contributed by atoms with Crippen molar-refractivity contribution in [2.45, 2.75) is 31.8 Å². The minimum Gasteiger partial charge on any atom is -0.495 e. The van der Waals surface area contributed by atoms with Gasteiger partial charge in [0.05, 0.1) is 18.5 Å². The molecule has 206 valence electrons. The standard InChI is InChI=1S/C31H38ClN5O2/c1-39-30-8-3-2-7-29(30)37-20-18-36(19-21-37)28-15-17-35(23-27-6-4-5-16-33-27)22-24(28)9-14-31(38)34-26-12-10-25(32)11-13-26/h2-8,10-13,16,24,28H,9,14-15,17-23H2,1H3,(H,34,38)/t24-,28+/m0/s1. The Morgan fingerprint density at radius 1 is 1.00 bits per heavy atom. The molecule has 3 heterocycles. The second kappa shape index (κ2) is 13.3. The first-order chi connectivity index (χ1) is 19.1. The number of benzene rings is 2. The Morgan fingerprint density at radius 2 is 1.77 bits per heavy atom. The van der Waals surface area contributed by atoms with Gasteiger partial charge in [0.2, 0.25) is 5.91 Å². The van der Waals surface area contributed by atoms with Gasteiger partial charge in [-0.05, 0) is 67.3 Å². The van der Waals surface area contributed by atoms with Gasteiger partial charge in [-0.1, -0.05) is 29.8 Å². The topological polar surface area (TPSA) is 60.9 Å². The molecule has 8 heteroatoms. The maximum Gasteiger partial charge on any atom is 0.224 e. The van der Waals surface area contributed by atoms with Crippen LogP contribution in [0.4, 0.5) is 11.4 Å². The number of methoxy groups -OCH3 is 1. The second-order valence-corrected chi connectivity index (χ2v) is 10.9. The predicted molar refractivity (Wildman–Crippen MR) is 158 cm³/mol. The van der Waals surface area contributed by atoms with E-state index in [1.165, 1.54) is 5.69 Å². The smallest absolute Gasteiger partial charge is 0.224 e. The van der Waals surface area contributed by atoms with Crippen LogP contribution in [0.3, 0.4) is 0 Å². The average molecular weight is 548 g/mol. The first kappa shape index (κ1) is 27.4. The molecule has 0 saturated carbocycles. The first-order valence-corrected chi connectivity index (χ1v) is 14.3. The molecule has 0 radical (unpaired) electrons. The number of anilines is 2. The number of carbonyl (C=O) groups excluding carboxylic acids is 1. The molecule has 1 aromatic heterocycles. The van der Waals surface area contributed by atoms with Crippen molar-refractivity contribution < 1.29 is 9.53 Å². The molecule has 2 aliphatic heterocycles. The lowest BCUT2D eigenvalue weighted by molar-refractivity contribution is -0.116. The maximum atomic E-state index is 12.9. The number of likely N-dealkylation sites (tertiary alicyclic amines) is 1. The highest BCUT2D eigenvalue weighted by molar-refractivity contribution is 6.30. The van der Waals surface area contributed by atoms with E-state index in [1.807, 2.05) is 36.5 Å². The maximum absolute atomic E-state index is 12.9. The monoisotopic (exact) mass is 547 g/mol. The summed E-state index contributed by atoms with van der Waals surface area (Å²) in [6.45, 7) is 6.83. The average Bonchev–Trinajstić information content (AvgIpc) is 2.98. The quantitative estimate of drug-likeness (QED) is 0.398. The SMILES string of the molecule is COc1ccccc1N1CCN([C@@H]2CCN(Cc3ccccn3)C[C@@H]2CCC(=O)Nc2ccc(Cl)cc2)CC1. The Labute approximate surface area is 236 Å². The number of piperazine rings is 1. The molecule has 2 aliphatic rings. The highest BCUT2D eigenvalue weighted by Crippen LogP contribution is 2.32. The van der Waals surface area contributed by atoms with E-state index in [1.54, 1.807) is 19.2 Å². The predicted octanol–water partition coefficient (Wildman–Crippen LogP) is 5.18. The van der Waals surface area contributed by atoms with Gasteiger partial charge in [0.1, 0.15) is 5.75 Å². The number of rotatable bonds is 9. The Hall–Kier alpha value is -3.13. The fourth-order valence-electron chi connectivity index (χ4n) is 5.98. The molecular formula is C31H38ClN5O2. The van der Waals surface area contributed by atoms with Gasteiger partial charge in [0.15, 0.2) is 0 Å². The van der Waals surface area contributed by atoms with Crippen molar-refractivity contribution in [2.75, 3.05) is 56.6 Å². The number of piperidine rings is 1. The van der Waals surface area contributed by atoms with Crippen molar-refractivity contribution >= 4 is 28.9 Å². The first-order valence-electron chi connectivity index (χ1n) is 13.9. The minimum absolute atomic E-state index is 0.0545. The van der Waals surface area contributed by atoms with Gasteiger partial charge in [-0.25, -0.2) is 0 Å². The van der Waals surface area contributed by atoms with E-state index in [2.05, 4.69) is 49.3 Å². The lowest BCUT2D eigenvalue weighted by Crippen LogP contribution is -2.56. The summed E-state index contributed by atoms with van der Waals surface area (Å²) in [4.78, 5) is 25.0. The third-order valence-corrected chi connectivity index (χ3v) is 8.22. The third-order valence-electron chi connectivity index (χ3n) is 7.97. The molecule has 39 heavy (non-hydrogen) atoms. The molecule has 1 amide bonds. The largest absolute Gasteiger partial charge is 0.495 e. The zero-order valence-corrected chi connectivity index (χ0v) is 23.4. The second-order valence-electron chi connectivity index (χ2n) is 10.5. The summed E-state index contributed by atoms with van der Waals surface area (Å²) in [5, 5.41) is 3.70. The number of hydrogen-bond acceptors (Lipinski definition) is 6. The Bertz CT molecular complexity index is 1200. The summed E-state index contributed by atoms with van der Waals surface area (Å²) in [5.41, 5.74) is 3.05. The Balaban J connectivity index is 1.22. The number of amides is 1. The molecule has 0 aliphatic carbocycles. The van der Waals surface area contributed by atoms with E-state index < -0.39 is 0 Å². The van der Waals surface area contributed by atoms with Crippen molar-refractivity contribution in [3.05, 3.63) is 83.6 Å². The third kappa shape index (κ3) is 7.29. The van der Waals surface area contributed by atoms with Gasteiger partial charge in [-0.15, -0.1) is 0 Å². The van der Waals surface area contributed by atoms with Crippen molar-refractivity contribution in [1.29, 1.82) is 0 Å². The Morgan fingerprint density at radius 3 is 2.51 bits per heavy atom. The number of aromatic nitrogens is 1. The summed E-state index contributed by atoms with van der Waals surface area (Å²) in [6, 6.07) is 22.1. The summed E-state index contributed by atoms with van der Waals surface area (Å²) in [7, 11) is 1.74. The van der Waals surface area contributed by atoms with Crippen LogP contribution < -0.4 is 15.0 Å². The van der Waals surface area contributed by atoms with E-state index in [-0.39, 0.29) is 5.91 Å². The molecule has 2 saturated heterocycles. The number of nitrogens with zero attached hydrogens (tertiary/aromatic N) is 4. The van der Waals surface area contributed by atoms with E-state index >= 15 is 0 Å². The molecule has 2 fully saturated rings. The highest BCUT2D eigenvalue weighted by Gasteiger charge is 2.35. The number of halogens is 1. The van der Waals surface area contributed by atoms with Crippen molar-refractivity contribution in [2.24, 2.45) is 5.92 Å². The molecule has 2 aromatic carbocycles. The fraction of sp³-hybridized carbons (Fsp3) is 0.419. The molecule has 2 atom stereocenters. The summed E-state index contributed by atoms with van der Waals surface area (Å²) < 4.78 is 5.61. The van der Waals surface area contributed by atoms with Gasteiger partial charge in [-0.3, -0.25) is 19.6 Å². The number of para-hydroxylation sites is 2. The van der Waals surface area contributed by atoms with E-state index in [9.17, 15) is 4.79 Å². The van der Waals surface area contributed by atoms with Gasteiger partial charge in [0.25, 0.3) is 0 Å². The molecule has 0 bridgehead atoms. The van der Waals surface area contributed by atoms with Crippen LogP contribution in [-0.4, -0.2) is 73.1 Å². The molecule has 1 N–H and O–H groups in total. The Kier molecular flexibility index (Phi) is 9.35. The van der Waals surface area contributed by atoms with E-state index in [0.717, 1.165) is 75.8 Å². The number of carbonyl (C=O) groups is 1. The van der Waals surface area contributed by atoms with E-state index in [0.29, 0.717) is 23.4 Å². The molecular weight excluding hydrogens is 510 g/mol. The van der Waals surface area contributed by atoms with Crippen molar-refractivity contribution in [3.63, 3.8) is 0 Å². The number of hydrogen-bond donors (Lipinski definition) is 1.